The predicted octanol–water partition coefficient (Wildman–Crippen LogP) is 2.53. The lowest BCUT2D eigenvalue weighted by Crippen LogP contribution is -2.38. The van der Waals surface area contributed by atoms with Crippen molar-refractivity contribution in [1.82, 2.24) is 4.72 Å². The molecule has 9 heteroatoms. The smallest absolute Gasteiger partial charge is 0.289 e. The number of para-hydroxylation sites is 2. The Balaban J connectivity index is 1.86. The molecule has 1 heterocycles. The summed E-state index contributed by atoms with van der Waals surface area (Å²) in [5.74, 6) is 0.184. The third-order valence-corrected chi connectivity index (χ3v) is 5.36. The van der Waals surface area contributed by atoms with Gasteiger partial charge in [0.15, 0.2) is 4.90 Å². The van der Waals surface area contributed by atoms with Gasteiger partial charge in [0.2, 0.25) is 10.0 Å². The van der Waals surface area contributed by atoms with Crippen LogP contribution in [0.4, 0.5) is 5.69 Å². The number of hydrogen-bond acceptors (Lipinski definition) is 6. The van der Waals surface area contributed by atoms with E-state index in [1.807, 2.05) is 6.07 Å². The van der Waals surface area contributed by atoms with Crippen LogP contribution in [0.2, 0.25) is 0 Å². The van der Waals surface area contributed by atoms with Gasteiger partial charge >= 0.3 is 0 Å². The first-order valence-corrected chi connectivity index (χ1v) is 9.13. The van der Waals surface area contributed by atoms with Crippen LogP contribution in [-0.2, 0) is 15.6 Å². The maximum Gasteiger partial charge on any atom is 0.289 e. The molecule has 3 rings (SSSR count). The molecule has 0 bridgehead atoms. The topological polar surface area (TPSA) is 123 Å². The van der Waals surface area contributed by atoms with Crippen molar-refractivity contribution in [3.63, 3.8) is 0 Å². The van der Waals surface area contributed by atoms with Gasteiger partial charge in [0.1, 0.15) is 16.9 Å². The largest absolute Gasteiger partial charge is 0.458 e. The third kappa shape index (κ3) is 3.45. The van der Waals surface area contributed by atoms with Crippen molar-refractivity contribution in [1.29, 1.82) is 0 Å². The molecule has 0 radical (unpaired) electrons. The molecule has 0 aliphatic rings. The molecule has 8 nitrogen and oxygen atoms in total. The third-order valence-electron chi connectivity index (χ3n) is 3.91. The molecule has 2 aromatic carbocycles. The van der Waals surface area contributed by atoms with Gasteiger partial charge in [-0.2, -0.15) is 0 Å². The first kappa shape index (κ1) is 18.1. The van der Waals surface area contributed by atoms with Crippen molar-refractivity contribution in [2.45, 2.75) is 17.4 Å². The lowest BCUT2D eigenvalue weighted by Gasteiger charge is -2.21. The summed E-state index contributed by atoms with van der Waals surface area (Å²) >= 11 is 0. The van der Waals surface area contributed by atoms with Crippen LogP contribution >= 0.6 is 0 Å². The number of furan rings is 1. The minimum atomic E-state index is -4.20. The fraction of sp³-hybridized carbons (Fsp3) is 0.176. The Morgan fingerprint density at radius 2 is 1.85 bits per heavy atom. The molecule has 1 unspecified atom stereocenters. The van der Waals surface area contributed by atoms with Gasteiger partial charge in [-0.1, -0.05) is 30.3 Å². The van der Waals surface area contributed by atoms with Gasteiger partial charge in [-0.05, 0) is 25.1 Å². The number of nitrogens with zero attached hydrogens (tertiary/aromatic N) is 1. The number of nitro groups is 1. The Bertz CT molecular complexity index is 1040. The average Bonchev–Trinajstić information content (AvgIpc) is 3.05. The maximum absolute atomic E-state index is 12.5. The van der Waals surface area contributed by atoms with Crippen LogP contribution in [0, 0.1) is 10.1 Å². The van der Waals surface area contributed by atoms with Crippen LogP contribution in [0.3, 0.4) is 0 Å². The average molecular weight is 376 g/mol. The molecule has 0 fully saturated rings. The highest BCUT2D eigenvalue weighted by Crippen LogP contribution is 2.28. The van der Waals surface area contributed by atoms with Gasteiger partial charge in [0.05, 0.1) is 4.92 Å². The van der Waals surface area contributed by atoms with Gasteiger partial charge in [-0.25, -0.2) is 13.1 Å². The van der Waals surface area contributed by atoms with Gasteiger partial charge in [-0.15, -0.1) is 0 Å². The van der Waals surface area contributed by atoms with Crippen molar-refractivity contribution in [3.05, 3.63) is 70.5 Å². The summed E-state index contributed by atoms with van der Waals surface area (Å²) in [5.41, 5.74) is -1.62. The first-order valence-electron chi connectivity index (χ1n) is 7.65. The number of rotatable bonds is 6. The summed E-state index contributed by atoms with van der Waals surface area (Å²) in [6.45, 7) is 0.980. The summed E-state index contributed by atoms with van der Waals surface area (Å²) in [4.78, 5) is 9.80. The molecule has 136 valence electrons. The van der Waals surface area contributed by atoms with Crippen LogP contribution in [-0.4, -0.2) is 25.0 Å². The molecule has 0 aliphatic heterocycles. The summed E-state index contributed by atoms with van der Waals surface area (Å²) in [7, 11) is -4.20. The van der Waals surface area contributed by atoms with Crippen molar-refractivity contribution in [2.24, 2.45) is 0 Å². The Labute approximate surface area is 149 Å². The first-order chi connectivity index (χ1) is 12.2. The lowest BCUT2D eigenvalue weighted by molar-refractivity contribution is -0.387. The van der Waals surface area contributed by atoms with E-state index in [1.165, 1.54) is 19.1 Å². The van der Waals surface area contributed by atoms with E-state index in [0.29, 0.717) is 5.58 Å². The Morgan fingerprint density at radius 1 is 1.19 bits per heavy atom. The highest BCUT2D eigenvalue weighted by molar-refractivity contribution is 7.89. The second-order valence-electron chi connectivity index (χ2n) is 5.97. The van der Waals surface area contributed by atoms with Gasteiger partial charge < -0.3 is 9.52 Å². The number of nitro benzene ring substituents is 1. The van der Waals surface area contributed by atoms with E-state index >= 15 is 0 Å². The fourth-order valence-electron chi connectivity index (χ4n) is 2.48. The number of nitrogens with one attached hydrogen (secondary N) is 1. The number of benzene rings is 2. The summed E-state index contributed by atoms with van der Waals surface area (Å²) in [6.07, 6.45) is 0. The minimum Gasteiger partial charge on any atom is -0.458 e. The number of sulfonamides is 1. The van der Waals surface area contributed by atoms with E-state index < -0.39 is 37.7 Å². The maximum atomic E-state index is 12.5. The Kier molecular flexibility index (Phi) is 4.53. The zero-order valence-electron chi connectivity index (χ0n) is 13.7. The quantitative estimate of drug-likeness (QED) is 0.503. The summed E-state index contributed by atoms with van der Waals surface area (Å²) in [6, 6.07) is 13.7. The van der Waals surface area contributed by atoms with E-state index in [0.717, 1.165) is 17.5 Å². The minimum absolute atomic E-state index is 0.184. The molecular weight excluding hydrogens is 360 g/mol. The second-order valence-corrected chi connectivity index (χ2v) is 7.71. The van der Waals surface area contributed by atoms with Gasteiger partial charge in [-0.3, -0.25) is 10.1 Å². The number of fused-ring (bicyclic) bond motifs is 1. The highest BCUT2D eigenvalue weighted by Gasteiger charge is 2.32. The van der Waals surface area contributed by atoms with Crippen molar-refractivity contribution >= 4 is 26.7 Å². The Hall–Kier alpha value is -2.75. The lowest BCUT2D eigenvalue weighted by atomic mass is 10.0. The molecule has 1 atom stereocenters. The molecule has 0 aliphatic carbocycles. The molecule has 2 N–H and O–H groups in total. The highest BCUT2D eigenvalue weighted by atomic mass is 32.2. The van der Waals surface area contributed by atoms with E-state index in [4.69, 9.17) is 4.42 Å². The summed E-state index contributed by atoms with van der Waals surface area (Å²) < 4.78 is 32.7. The number of aliphatic hydroxyl groups is 1. The van der Waals surface area contributed by atoms with Crippen LogP contribution in [0.1, 0.15) is 12.7 Å². The molecule has 26 heavy (non-hydrogen) atoms. The van der Waals surface area contributed by atoms with Crippen molar-refractivity contribution in [2.75, 3.05) is 6.54 Å². The van der Waals surface area contributed by atoms with Crippen LogP contribution in [0.25, 0.3) is 11.0 Å². The van der Waals surface area contributed by atoms with Crippen LogP contribution in [0.15, 0.2) is 63.9 Å². The molecule has 3 aromatic rings. The monoisotopic (exact) mass is 376 g/mol. The SMILES string of the molecule is CC(O)(CNS(=O)(=O)c1ccccc1[N+](=O)[O-])c1cc2ccccc2o1. The van der Waals surface area contributed by atoms with Gasteiger partial charge in [0, 0.05) is 18.0 Å². The van der Waals surface area contributed by atoms with E-state index in [9.17, 15) is 23.6 Å². The zero-order valence-corrected chi connectivity index (χ0v) is 14.6. The second kappa shape index (κ2) is 6.52. The van der Waals surface area contributed by atoms with Crippen LogP contribution in [0.5, 0.6) is 0 Å². The molecular formula is C17H16N2O6S. The predicted molar refractivity (Wildman–Crippen MR) is 94.1 cm³/mol. The molecule has 0 amide bonds. The van der Waals surface area contributed by atoms with Gasteiger partial charge in [0.25, 0.3) is 5.69 Å². The normalized spacial score (nSPS) is 14.2. The molecule has 0 saturated heterocycles. The van der Waals surface area contributed by atoms with E-state index in [1.54, 1.807) is 24.3 Å². The fourth-order valence-corrected chi connectivity index (χ4v) is 3.79. The van der Waals surface area contributed by atoms with E-state index in [2.05, 4.69) is 4.72 Å². The molecule has 0 saturated carbocycles. The standard InChI is InChI=1S/C17H16N2O6S/c1-17(20,16-10-12-6-2-4-8-14(12)25-16)11-18-26(23,24)15-9-5-3-7-13(15)19(21)22/h2-10,18,20H,11H2,1H3. The zero-order chi connectivity index (χ0) is 18.9. The number of hydrogen-bond donors (Lipinski definition) is 2. The van der Waals surface area contributed by atoms with Crippen LogP contribution < -0.4 is 4.72 Å². The Morgan fingerprint density at radius 3 is 2.54 bits per heavy atom. The molecule has 1 aromatic heterocycles. The van der Waals surface area contributed by atoms with Crippen molar-refractivity contribution < 1.29 is 22.9 Å². The van der Waals surface area contributed by atoms with E-state index in [-0.39, 0.29) is 5.76 Å². The van der Waals surface area contributed by atoms with Crippen molar-refractivity contribution in [3.8, 4) is 0 Å². The molecule has 0 spiro atoms. The summed E-state index contributed by atoms with van der Waals surface area (Å²) in [5, 5.41) is 22.4.